The van der Waals surface area contributed by atoms with E-state index in [4.69, 9.17) is 14.5 Å². The molecule has 2 aromatic heterocycles. The number of methoxy groups -OCH3 is 2. The zero-order valence-corrected chi connectivity index (χ0v) is 20.5. The first-order chi connectivity index (χ1) is 17.1. The molecule has 0 unspecified atom stereocenters. The average Bonchev–Trinajstić information content (AvgIpc) is 3.32. The van der Waals surface area contributed by atoms with E-state index < -0.39 is 0 Å². The molecule has 9 heteroatoms. The summed E-state index contributed by atoms with van der Waals surface area (Å²) in [5, 5.41) is 5.71. The van der Waals surface area contributed by atoms with Crippen molar-refractivity contribution in [2.24, 2.45) is 0 Å². The largest absolute Gasteiger partial charge is 0.497 e. The Bertz CT molecular complexity index is 1460. The summed E-state index contributed by atoms with van der Waals surface area (Å²) < 4.78 is 12.6. The minimum Gasteiger partial charge on any atom is -0.497 e. The summed E-state index contributed by atoms with van der Waals surface area (Å²) >= 11 is 1.32. The Labute approximate surface area is 206 Å². The Morgan fingerprint density at radius 3 is 2.71 bits per heavy atom. The number of aryl methyl sites for hydroxylation is 1. The zero-order valence-electron chi connectivity index (χ0n) is 19.7. The first-order valence-corrected chi connectivity index (χ1v) is 12.5. The average molecular weight is 491 g/mol. The molecule has 0 radical (unpaired) electrons. The van der Waals surface area contributed by atoms with Crippen molar-refractivity contribution in [3.8, 4) is 22.8 Å². The SMILES string of the molecule is COc1ccc(OC)c(-c2csc(NC(=O)c3ccc4c(=O)n5c(nc4c3)CCCCCC5)n2)c1. The van der Waals surface area contributed by atoms with Crippen molar-refractivity contribution in [1.82, 2.24) is 14.5 Å². The van der Waals surface area contributed by atoms with Crippen LogP contribution in [0, 0.1) is 0 Å². The molecule has 0 saturated carbocycles. The second-order valence-corrected chi connectivity index (χ2v) is 9.30. The van der Waals surface area contributed by atoms with Crippen LogP contribution in [0.5, 0.6) is 11.5 Å². The number of carbonyl (C=O) groups excluding carboxylic acids is 1. The highest BCUT2D eigenvalue weighted by atomic mass is 32.1. The fraction of sp³-hybridized carbons (Fsp3) is 0.308. The van der Waals surface area contributed by atoms with Crippen LogP contribution < -0.4 is 20.3 Å². The molecule has 2 aromatic carbocycles. The molecule has 1 amide bonds. The first-order valence-electron chi connectivity index (χ1n) is 11.6. The van der Waals surface area contributed by atoms with Crippen LogP contribution in [0.2, 0.25) is 0 Å². The third-order valence-corrected chi connectivity index (χ3v) is 6.99. The van der Waals surface area contributed by atoms with Crippen molar-refractivity contribution >= 4 is 33.3 Å². The van der Waals surface area contributed by atoms with Crippen LogP contribution in [0.1, 0.15) is 41.9 Å². The van der Waals surface area contributed by atoms with Crippen molar-refractivity contribution in [3.05, 3.63) is 63.5 Å². The molecule has 3 heterocycles. The number of hydrogen-bond acceptors (Lipinski definition) is 7. The molecule has 1 N–H and O–H groups in total. The highest BCUT2D eigenvalue weighted by Crippen LogP contribution is 2.35. The Morgan fingerprint density at radius 2 is 1.89 bits per heavy atom. The van der Waals surface area contributed by atoms with Crippen molar-refractivity contribution in [2.75, 3.05) is 19.5 Å². The van der Waals surface area contributed by atoms with Crippen LogP contribution in [-0.4, -0.2) is 34.7 Å². The van der Waals surface area contributed by atoms with E-state index in [0.29, 0.717) is 45.3 Å². The first kappa shape index (κ1) is 23.0. The van der Waals surface area contributed by atoms with Gasteiger partial charge < -0.3 is 9.47 Å². The molecule has 0 spiro atoms. The number of benzene rings is 2. The lowest BCUT2D eigenvalue weighted by Crippen LogP contribution is -2.26. The summed E-state index contributed by atoms with van der Waals surface area (Å²) in [7, 11) is 3.20. The Balaban J connectivity index is 1.41. The normalized spacial score (nSPS) is 13.5. The standard InChI is InChI=1S/C26H26N4O4S/c1-33-17-9-11-22(34-2)19(14-17)21-15-35-26(28-21)29-24(31)16-8-10-18-20(13-16)27-23-7-5-3-4-6-12-30(23)25(18)32/h8-11,13-15H,3-7,12H2,1-2H3,(H,28,29,31). The van der Waals surface area contributed by atoms with Crippen molar-refractivity contribution in [2.45, 2.75) is 38.6 Å². The zero-order chi connectivity index (χ0) is 24.4. The molecule has 8 nitrogen and oxygen atoms in total. The molecular formula is C26H26N4O4S. The third-order valence-electron chi connectivity index (χ3n) is 6.24. The predicted molar refractivity (Wildman–Crippen MR) is 137 cm³/mol. The van der Waals surface area contributed by atoms with E-state index in [0.717, 1.165) is 43.5 Å². The van der Waals surface area contributed by atoms with Gasteiger partial charge in [-0.15, -0.1) is 11.3 Å². The van der Waals surface area contributed by atoms with Gasteiger partial charge in [0.15, 0.2) is 5.13 Å². The minimum atomic E-state index is -0.306. The van der Waals surface area contributed by atoms with Gasteiger partial charge in [0.05, 0.1) is 30.8 Å². The molecule has 35 heavy (non-hydrogen) atoms. The molecule has 1 aliphatic heterocycles. The van der Waals surface area contributed by atoms with E-state index in [2.05, 4.69) is 10.3 Å². The second-order valence-electron chi connectivity index (χ2n) is 8.44. The lowest BCUT2D eigenvalue weighted by atomic mass is 10.1. The molecule has 0 bridgehead atoms. The number of rotatable bonds is 5. The van der Waals surface area contributed by atoms with Gasteiger partial charge in [0.1, 0.15) is 17.3 Å². The number of nitrogens with one attached hydrogen (secondary N) is 1. The van der Waals surface area contributed by atoms with Gasteiger partial charge in [0.2, 0.25) is 0 Å². The van der Waals surface area contributed by atoms with Crippen molar-refractivity contribution < 1.29 is 14.3 Å². The van der Waals surface area contributed by atoms with E-state index in [1.807, 2.05) is 23.6 Å². The number of anilines is 1. The van der Waals surface area contributed by atoms with Crippen LogP contribution in [0.15, 0.2) is 46.6 Å². The molecular weight excluding hydrogens is 464 g/mol. The highest BCUT2D eigenvalue weighted by Gasteiger charge is 2.17. The van der Waals surface area contributed by atoms with Crippen molar-refractivity contribution in [1.29, 1.82) is 0 Å². The van der Waals surface area contributed by atoms with Gasteiger partial charge in [-0.3, -0.25) is 19.5 Å². The molecule has 0 atom stereocenters. The third kappa shape index (κ3) is 4.64. The number of hydrogen-bond donors (Lipinski definition) is 1. The topological polar surface area (TPSA) is 95.3 Å². The minimum absolute atomic E-state index is 0.0318. The number of fused-ring (bicyclic) bond motifs is 2. The van der Waals surface area contributed by atoms with Crippen LogP contribution in [0.3, 0.4) is 0 Å². The van der Waals surface area contributed by atoms with Gasteiger partial charge in [-0.2, -0.15) is 0 Å². The van der Waals surface area contributed by atoms with Gasteiger partial charge in [0.25, 0.3) is 11.5 Å². The van der Waals surface area contributed by atoms with E-state index >= 15 is 0 Å². The smallest absolute Gasteiger partial charge is 0.261 e. The molecule has 0 saturated heterocycles. The lowest BCUT2D eigenvalue weighted by Gasteiger charge is -2.16. The molecule has 1 aliphatic rings. The van der Waals surface area contributed by atoms with Gasteiger partial charge >= 0.3 is 0 Å². The molecule has 0 fully saturated rings. The van der Waals surface area contributed by atoms with Gasteiger partial charge in [0, 0.05) is 29.5 Å². The quantitative estimate of drug-likeness (QED) is 0.427. The lowest BCUT2D eigenvalue weighted by molar-refractivity contribution is 0.102. The summed E-state index contributed by atoms with van der Waals surface area (Å²) in [5.41, 5.74) is 2.39. The van der Waals surface area contributed by atoms with E-state index in [-0.39, 0.29) is 11.5 Å². The predicted octanol–water partition coefficient (Wildman–Crippen LogP) is 4.91. The monoisotopic (exact) mass is 490 g/mol. The maximum absolute atomic E-state index is 13.0. The van der Waals surface area contributed by atoms with Crippen LogP contribution >= 0.6 is 11.3 Å². The number of nitrogens with zero attached hydrogens (tertiary/aromatic N) is 3. The summed E-state index contributed by atoms with van der Waals surface area (Å²) in [4.78, 5) is 35.4. The van der Waals surface area contributed by atoms with Gasteiger partial charge in [-0.1, -0.05) is 12.8 Å². The molecule has 5 rings (SSSR count). The number of thiazole rings is 1. The summed E-state index contributed by atoms with van der Waals surface area (Å²) in [6, 6.07) is 10.5. The molecule has 0 aliphatic carbocycles. The number of carbonyl (C=O) groups is 1. The molecule has 4 aromatic rings. The molecule has 180 valence electrons. The van der Waals surface area contributed by atoms with E-state index in [1.54, 1.807) is 37.0 Å². The van der Waals surface area contributed by atoms with Gasteiger partial charge in [-0.25, -0.2) is 9.97 Å². The summed E-state index contributed by atoms with van der Waals surface area (Å²) in [5.74, 6) is 1.85. The Hall–Kier alpha value is -3.72. The van der Waals surface area contributed by atoms with Crippen LogP contribution in [-0.2, 0) is 13.0 Å². The van der Waals surface area contributed by atoms with Crippen LogP contribution in [0.25, 0.3) is 22.2 Å². The summed E-state index contributed by atoms with van der Waals surface area (Å²) in [6.45, 7) is 0.698. The fourth-order valence-corrected chi connectivity index (χ4v) is 5.08. The van der Waals surface area contributed by atoms with E-state index in [9.17, 15) is 9.59 Å². The fourth-order valence-electron chi connectivity index (χ4n) is 4.37. The number of aromatic nitrogens is 3. The van der Waals surface area contributed by atoms with E-state index in [1.165, 1.54) is 11.3 Å². The second kappa shape index (κ2) is 9.87. The van der Waals surface area contributed by atoms with Crippen molar-refractivity contribution in [3.63, 3.8) is 0 Å². The highest BCUT2D eigenvalue weighted by molar-refractivity contribution is 7.14. The Kier molecular flexibility index (Phi) is 6.50. The Morgan fingerprint density at radius 1 is 1.03 bits per heavy atom. The maximum Gasteiger partial charge on any atom is 0.261 e. The van der Waals surface area contributed by atoms with Gasteiger partial charge in [-0.05, 0) is 49.2 Å². The summed E-state index contributed by atoms with van der Waals surface area (Å²) in [6.07, 6.45) is 5.05. The number of ether oxygens (including phenoxy) is 2. The maximum atomic E-state index is 13.0. The van der Waals surface area contributed by atoms with Crippen LogP contribution in [0.4, 0.5) is 5.13 Å². The number of amides is 1.